The number of alkyl halides is 3. The molecule has 11 heteroatoms. The van der Waals surface area contributed by atoms with Crippen LogP contribution >= 0.6 is 0 Å². The molecular formula is C30H33F3N4O4. The summed E-state index contributed by atoms with van der Waals surface area (Å²) in [4.78, 5) is 22.6. The van der Waals surface area contributed by atoms with Gasteiger partial charge in [-0.25, -0.2) is 14.8 Å². The Morgan fingerprint density at radius 2 is 1.78 bits per heavy atom. The number of hydrogen-bond acceptors (Lipinski definition) is 6. The predicted molar refractivity (Wildman–Crippen MR) is 149 cm³/mol. The number of benzene rings is 2. The number of methoxy groups -OCH3 is 1. The van der Waals surface area contributed by atoms with Gasteiger partial charge in [0, 0.05) is 31.1 Å². The fraction of sp³-hybridized carbons (Fsp3) is 0.433. The van der Waals surface area contributed by atoms with Crippen molar-refractivity contribution in [2.75, 3.05) is 20.2 Å². The molecule has 2 aromatic heterocycles. The number of halogens is 3. The van der Waals surface area contributed by atoms with Crippen molar-refractivity contribution >= 4 is 28.0 Å². The fourth-order valence-corrected chi connectivity index (χ4v) is 5.32. The van der Waals surface area contributed by atoms with Crippen LogP contribution in [0.15, 0.2) is 42.5 Å². The van der Waals surface area contributed by atoms with Crippen molar-refractivity contribution in [2.24, 2.45) is 5.92 Å². The summed E-state index contributed by atoms with van der Waals surface area (Å²) in [5.74, 6) is 0.780. The van der Waals surface area contributed by atoms with E-state index >= 15 is 0 Å². The van der Waals surface area contributed by atoms with Gasteiger partial charge in [-0.2, -0.15) is 13.2 Å². The maximum Gasteiger partial charge on any atom is 0.435 e. The highest BCUT2D eigenvalue weighted by atomic mass is 19.4. The number of nitrogens with zero attached hydrogens (tertiary/aromatic N) is 4. The van der Waals surface area contributed by atoms with E-state index in [1.807, 2.05) is 20.8 Å². The summed E-state index contributed by atoms with van der Waals surface area (Å²) in [5.41, 5.74) is -1.16. The lowest BCUT2D eigenvalue weighted by Crippen LogP contribution is -2.41. The van der Waals surface area contributed by atoms with Gasteiger partial charge in [-0.3, -0.25) is 0 Å². The SMILES string of the molecule is COc1ccc2c(c1)nc(C(F)(F)F)c1nc(-c3ccccc3O)n(CCC3CCN(C(=O)OC(C)(C)C)CC3)c12. The normalized spacial score (nSPS) is 15.0. The van der Waals surface area contributed by atoms with Crippen molar-refractivity contribution in [1.82, 2.24) is 19.4 Å². The first-order valence-corrected chi connectivity index (χ1v) is 13.6. The number of aromatic hydroxyl groups is 1. The van der Waals surface area contributed by atoms with E-state index in [9.17, 15) is 23.1 Å². The summed E-state index contributed by atoms with van der Waals surface area (Å²) in [7, 11) is 1.44. The molecule has 1 aliphatic heterocycles. The Kier molecular flexibility index (Phi) is 7.48. The number of aromatic nitrogens is 3. The molecule has 0 radical (unpaired) electrons. The Morgan fingerprint density at radius 3 is 2.41 bits per heavy atom. The zero-order valence-electron chi connectivity index (χ0n) is 23.5. The third-order valence-electron chi connectivity index (χ3n) is 7.32. The lowest BCUT2D eigenvalue weighted by atomic mass is 9.93. The number of carbonyl (C=O) groups is 1. The molecule has 0 aliphatic carbocycles. The quantitative estimate of drug-likeness (QED) is 0.277. The topological polar surface area (TPSA) is 89.7 Å². The number of ether oxygens (including phenoxy) is 2. The van der Waals surface area contributed by atoms with Gasteiger partial charge in [0.25, 0.3) is 0 Å². The first-order chi connectivity index (χ1) is 19.4. The van der Waals surface area contributed by atoms with E-state index in [1.165, 1.54) is 19.2 Å². The van der Waals surface area contributed by atoms with Gasteiger partial charge < -0.3 is 24.0 Å². The molecule has 8 nitrogen and oxygen atoms in total. The van der Waals surface area contributed by atoms with Crippen LogP contribution in [0.2, 0.25) is 0 Å². The first-order valence-electron chi connectivity index (χ1n) is 13.6. The van der Waals surface area contributed by atoms with Gasteiger partial charge in [0.15, 0.2) is 5.69 Å². The zero-order chi connectivity index (χ0) is 29.5. The van der Waals surface area contributed by atoms with Gasteiger partial charge in [-0.1, -0.05) is 12.1 Å². The molecule has 1 amide bonds. The molecular weight excluding hydrogens is 537 g/mol. The first kappa shape index (κ1) is 28.5. The lowest BCUT2D eigenvalue weighted by Gasteiger charge is -2.33. The van der Waals surface area contributed by atoms with Crippen LogP contribution in [0.25, 0.3) is 33.3 Å². The number of phenolic OH excluding ortho intramolecular Hbond substituents is 1. The number of likely N-dealkylation sites (tertiary alicyclic amines) is 1. The minimum atomic E-state index is -4.75. The van der Waals surface area contributed by atoms with Gasteiger partial charge in [0.1, 0.15) is 28.4 Å². The zero-order valence-corrected chi connectivity index (χ0v) is 23.5. The van der Waals surface area contributed by atoms with Crippen molar-refractivity contribution in [3.63, 3.8) is 0 Å². The van der Waals surface area contributed by atoms with Crippen LogP contribution in [0.5, 0.6) is 11.5 Å². The van der Waals surface area contributed by atoms with Crippen molar-refractivity contribution < 1.29 is 32.5 Å². The molecule has 3 heterocycles. The van der Waals surface area contributed by atoms with Crippen LogP contribution in [0.1, 0.15) is 45.7 Å². The summed E-state index contributed by atoms with van der Waals surface area (Å²) >= 11 is 0. The Hall–Kier alpha value is -4.02. The van der Waals surface area contributed by atoms with E-state index in [-0.39, 0.29) is 34.6 Å². The van der Waals surface area contributed by atoms with E-state index in [0.29, 0.717) is 48.3 Å². The van der Waals surface area contributed by atoms with E-state index in [1.54, 1.807) is 39.8 Å². The molecule has 0 saturated carbocycles. The average molecular weight is 571 g/mol. The van der Waals surface area contributed by atoms with Crippen molar-refractivity contribution in [1.29, 1.82) is 0 Å². The molecule has 1 aliphatic rings. The van der Waals surface area contributed by atoms with Crippen molar-refractivity contribution in [3.8, 4) is 22.9 Å². The van der Waals surface area contributed by atoms with Gasteiger partial charge in [0.2, 0.25) is 0 Å². The molecule has 1 saturated heterocycles. The minimum Gasteiger partial charge on any atom is -0.507 e. The number of amides is 1. The third kappa shape index (κ3) is 5.89. The van der Waals surface area contributed by atoms with E-state index in [2.05, 4.69) is 9.97 Å². The fourth-order valence-electron chi connectivity index (χ4n) is 5.32. The molecule has 2 aromatic carbocycles. The monoisotopic (exact) mass is 570 g/mol. The van der Waals surface area contributed by atoms with Crippen LogP contribution in [-0.2, 0) is 17.5 Å². The molecule has 41 heavy (non-hydrogen) atoms. The molecule has 4 aromatic rings. The van der Waals surface area contributed by atoms with Crippen molar-refractivity contribution in [3.05, 3.63) is 48.2 Å². The summed E-state index contributed by atoms with van der Waals surface area (Å²) in [6.45, 7) is 6.93. The molecule has 0 unspecified atom stereocenters. The number of phenols is 1. The smallest absolute Gasteiger partial charge is 0.435 e. The highest BCUT2D eigenvalue weighted by Gasteiger charge is 2.38. The van der Waals surface area contributed by atoms with E-state index in [4.69, 9.17) is 9.47 Å². The number of piperidine rings is 1. The molecule has 0 bridgehead atoms. The second-order valence-corrected chi connectivity index (χ2v) is 11.3. The predicted octanol–water partition coefficient (Wildman–Crippen LogP) is 7.02. The summed E-state index contributed by atoms with van der Waals surface area (Å²) in [5, 5.41) is 11.1. The second kappa shape index (κ2) is 10.8. The highest BCUT2D eigenvalue weighted by molar-refractivity contribution is 6.05. The lowest BCUT2D eigenvalue weighted by molar-refractivity contribution is -0.139. The second-order valence-electron chi connectivity index (χ2n) is 11.3. The Morgan fingerprint density at radius 1 is 1.07 bits per heavy atom. The van der Waals surface area contributed by atoms with Crippen LogP contribution < -0.4 is 4.74 Å². The standard InChI is InChI=1S/C30H33F3N4O4/c1-29(2,3)41-28(39)36-14-11-18(12-15-36)13-16-37-25-20-10-9-19(40-4)17-22(20)34-26(30(31,32)33)24(25)35-27(37)21-7-5-6-8-23(21)38/h5-10,17-18,38H,11-16H2,1-4H3. The molecule has 0 spiro atoms. The maximum absolute atomic E-state index is 14.3. The number of para-hydroxylation sites is 1. The van der Waals surface area contributed by atoms with Crippen LogP contribution in [0.4, 0.5) is 18.0 Å². The van der Waals surface area contributed by atoms with Gasteiger partial charge in [-0.05, 0) is 70.2 Å². The number of rotatable bonds is 5. The number of hydrogen-bond donors (Lipinski definition) is 1. The van der Waals surface area contributed by atoms with Crippen LogP contribution in [-0.4, -0.2) is 56.4 Å². The Labute approximate surface area is 235 Å². The van der Waals surface area contributed by atoms with Gasteiger partial charge >= 0.3 is 12.3 Å². The summed E-state index contributed by atoms with van der Waals surface area (Å²) in [6, 6.07) is 11.3. The number of imidazole rings is 1. The number of fused-ring (bicyclic) bond motifs is 3. The van der Waals surface area contributed by atoms with Crippen LogP contribution in [0, 0.1) is 5.92 Å². The average Bonchev–Trinajstić information content (AvgIpc) is 3.29. The summed E-state index contributed by atoms with van der Waals surface area (Å²) < 4.78 is 55.4. The largest absolute Gasteiger partial charge is 0.507 e. The van der Waals surface area contributed by atoms with Gasteiger partial charge in [-0.15, -0.1) is 0 Å². The molecule has 5 rings (SSSR count). The molecule has 1 N–H and O–H groups in total. The number of carbonyl (C=O) groups excluding carboxylic acids is 1. The summed E-state index contributed by atoms with van der Waals surface area (Å²) in [6.07, 6.45) is -2.96. The Balaban J connectivity index is 1.55. The van der Waals surface area contributed by atoms with E-state index in [0.717, 1.165) is 12.8 Å². The number of aryl methyl sites for hydroxylation is 1. The van der Waals surface area contributed by atoms with E-state index < -0.39 is 17.5 Å². The molecule has 218 valence electrons. The molecule has 0 atom stereocenters. The van der Waals surface area contributed by atoms with Crippen LogP contribution in [0.3, 0.4) is 0 Å². The van der Waals surface area contributed by atoms with Crippen molar-refractivity contribution in [2.45, 2.75) is 58.4 Å². The highest BCUT2D eigenvalue weighted by Crippen LogP contribution is 2.41. The Bertz CT molecular complexity index is 1580. The van der Waals surface area contributed by atoms with Gasteiger partial charge in [0.05, 0.1) is 23.7 Å². The maximum atomic E-state index is 14.3. The minimum absolute atomic E-state index is 0.0813. The molecule has 1 fully saturated rings. The third-order valence-corrected chi connectivity index (χ3v) is 7.32. The number of pyridine rings is 1.